The topological polar surface area (TPSA) is 55.1 Å². The van der Waals surface area contributed by atoms with Gasteiger partial charge in [-0.05, 0) is 36.7 Å². The Kier molecular flexibility index (Phi) is 6.50. The number of hydrogen-bond donors (Lipinski definition) is 2. The first kappa shape index (κ1) is 17.0. The molecule has 1 aliphatic carbocycles. The lowest BCUT2D eigenvalue weighted by Gasteiger charge is -2.17. The zero-order valence-electron chi connectivity index (χ0n) is 12.1. The van der Waals surface area contributed by atoms with E-state index in [2.05, 4.69) is 12.2 Å². The lowest BCUT2D eigenvalue weighted by atomic mass is 10.0. The zero-order valence-corrected chi connectivity index (χ0v) is 12.9. The van der Waals surface area contributed by atoms with Gasteiger partial charge >= 0.3 is 0 Å². The Hall–Kier alpha value is -1.06. The molecule has 0 radical (unpaired) electrons. The van der Waals surface area contributed by atoms with Crippen LogP contribution in [0.3, 0.4) is 0 Å². The van der Waals surface area contributed by atoms with Crippen LogP contribution in [0.15, 0.2) is 30.3 Å². The highest BCUT2D eigenvalue weighted by atomic mass is 35.5. The fourth-order valence-corrected chi connectivity index (χ4v) is 2.59. The van der Waals surface area contributed by atoms with Crippen molar-refractivity contribution in [1.29, 1.82) is 0 Å². The fraction of sp³-hybridized carbons (Fsp3) is 0.562. The van der Waals surface area contributed by atoms with Gasteiger partial charge in [-0.25, -0.2) is 0 Å². The Balaban J connectivity index is 0.00000200. The summed E-state index contributed by atoms with van der Waals surface area (Å²) in [4.78, 5) is 12.0. The Morgan fingerprint density at radius 1 is 1.35 bits per heavy atom. The number of nitrogens with one attached hydrogen (secondary N) is 1. The van der Waals surface area contributed by atoms with Gasteiger partial charge in [-0.2, -0.15) is 0 Å². The van der Waals surface area contributed by atoms with E-state index in [1.165, 1.54) is 25.7 Å². The monoisotopic (exact) mass is 296 g/mol. The summed E-state index contributed by atoms with van der Waals surface area (Å²) in [7, 11) is 0. The van der Waals surface area contributed by atoms with Gasteiger partial charge in [-0.15, -0.1) is 12.4 Å². The smallest absolute Gasteiger partial charge is 0.237 e. The second-order valence-electron chi connectivity index (χ2n) is 5.76. The van der Waals surface area contributed by atoms with Crippen molar-refractivity contribution in [3.63, 3.8) is 0 Å². The molecule has 1 saturated carbocycles. The Labute approximate surface area is 127 Å². The molecular formula is C16H25ClN2O. The number of hydrogen-bond acceptors (Lipinski definition) is 2. The van der Waals surface area contributed by atoms with Crippen LogP contribution in [0.25, 0.3) is 0 Å². The Morgan fingerprint density at radius 3 is 2.55 bits per heavy atom. The summed E-state index contributed by atoms with van der Waals surface area (Å²) in [6.07, 6.45) is 5.49. The van der Waals surface area contributed by atoms with E-state index in [0.29, 0.717) is 11.8 Å². The van der Waals surface area contributed by atoms with Crippen molar-refractivity contribution in [3.8, 4) is 0 Å². The first-order valence-corrected chi connectivity index (χ1v) is 7.22. The van der Waals surface area contributed by atoms with E-state index in [1.807, 2.05) is 30.3 Å². The minimum absolute atomic E-state index is 0. The Bertz CT molecular complexity index is 418. The molecule has 0 saturated heterocycles. The molecule has 1 fully saturated rings. The number of nitrogens with two attached hydrogens (primary N) is 1. The number of carbonyl (C=O) groups excluding carboxylic acids is 1. The predicted molar refractivity (Wildman–Crippen MR) is 85.0 cm³/mol. The van der Waals surface area contributed by atoms with E-state index in [1.54, 1.807) is 0 Å². The molecular weight excluding hydrogens is 272 g/mol. The quantitative estimate of drug-likeness (QED) is 0.813. The molecule has 3 nitrogen and oxygen atoms in total. The molecule has 4 heteroatoms. The second-order valence-corrected chi connectivity index (χ2v) is 5.76. The molecule has 0 aromatic heterocycles. The highest BCUT2D eigenvalue weighted by molar-refractivity contribution is 5.85. The maximum Gasteiger partial charge on any atom is 0.237 e. The van der Waals surface area contributed by atoms with Crippen LogP contribution in [0.4, 0.5) is 0 Å². The van der Waals surface area contributed by atoms with Crippen LogP contribution >= 0.6 is 12.4 Å². The first-order valence-electron chi connectivity index (χ1n) is 7.22. The van der Waals surface area contributed by atoms with Gasteiger partial charge in [-0.3, -0.25) is 4.79 Å². The summed E-state index contributed by atoms with van der Waals surface area (Å²) in [5.74, 6) is -0.0220. The van der Waals surface area contributed by atoms with Crippen molar-refractivity contribution >= 4 is 18.3 Å². The summed E-state index contributed by atoms with van der Waals surface area (Å²) in [5.41, 5.74) is 7.46. The minimum Gasteiger partial charge on any atom is -0.354 e. The number of halogens is 1. The van der Waals surface area contributed by atoms with E-state index >= 15 is 0 Å². The maximum absolute atomic E-state index is 12.0. The number of benzene rings is 1. The average Bonchev–Trinajstić information content (AvgIpc) is 3.18. The SMILES string of the molecule is CCCC1(CNC(=O)[C@@H](N)Cc2ccccc2)CC1.Cl. The Morgan fingerprint density at radius 2 is 2.00 bits per heavy atom. The normalized spacial score (nSPS) is 16.9. The van der Waals surface area contributed by atoms with Crippen molar-refractivity contribution in [3.05, 3.63) is 35.9 Å². The number of carbonyl (C=O) groups is 1. The molecule has 2 rings (SSSR count). The van der Waals surface area contributed by atoms with E-state index in [9.17, 15) is 4.79 Å². The third-order valence-corrected chi connectivity index (χ3v) is 4.01. The summed E-state index contributed by atoms with van der Waals surface area (Å²) in [5, 5.41) is 3.03. The van der Waals surface area contributed by atoms with Crippen LogP contribution in [0.2, 0.25) is 0 Å². The van der Waals surface area contributed by atoms with Gasteiger partial charge in [0.05, 0.1) is 6.04 Å². The third-order valence-electron chi connectivity index (χ3n) is 4.01. The van der Waals surface area contributed by atoms with Gasteiger partial charge < -0.3 is 11.1 Å². The molecule has 0 heterocycles. The average molecular weight is 297 g/mol. The summed E-state index contributed by atoms with van der Waals surface area (Å²) >= 11 is 0. The van der Waals surface area contributed by atoms with Gasteiger partial charge in [0, 0.05) is 6.54 Å². The number of amides is 1. The predicted octanol–water partition coefficient (Wildman–Crippen LogP) is 2.67. The molecule has 0 aliphatic heterocycles. The molecule has 1 aromatic rings. The standard InChI is InChI=1S/C16H24N2O.ClH/c1-2-8-16(9-10-16)12-18-15(19)14(17)11-13-6-4-3-5-7-13;/h3-7,14H,2,8-12,17H2,1H3,(H,18,19);1H/t14-;/m0./s1. The van der Waals surface area contributed by atoms with Gasteiger partial charge in [0.15, 0.2) is 0 Å². The molecule has 0 spiro atoms. The van der Waals surface area contributed by atoms with Crippen molar-refractivity contribution in [2.24, 2.45) is 11.1 Å². The molecule has 3 N–H and O–H groups in total. The third kappa shape index (κ3) is 4.80. The van der Waals surface area contributed by atoms with Crippen LogP contribution in [0.5, 0.6) is 0 Å². The summed E-state index contributed by atoms with van der Waals surface area (Å²) in [6, 6.07) is 9.48. The number of rotatable bonds is 7. The minimum atomic E-state index is -0.445. The fourth-order valence-electron chi connectivity index (χ4n) is 2.59. The molecule has 112 valence electrons. The van der Waals surface area contributed by atoms with Crippen LogP contribution in [0.1, 0.15) is 38.2 Å². The molecule has 1 amide bonds. The maximum atomic E-state index is 12.0. The van der Waals surface area contributed by atoms with E-state index in [4.69, 9.17) is 5.73 Å². The molecule has 1 atom stereocenters. The van der Waals surface area contributed by atoms with Crippen LogP contribution in [-0.2, 0) is 11.2 Å². The molecule has 1 aromatic carbocycles. The first-order chi connectivity index (χ1) is 9.15. The molecule has 1 aliphatic rings. The molecule has 0 bridgehead atoms. The van der Waals surface area contributed by atoms with Crippen molar-refractivity contribution < 1.29 is 4.79 Å². The largest absolute Gasteiger partial charge is 0.354 e. The summed E-state index contributed by atoms with van der Waals surface area (Å²) < 4.78 is 0. The van der Waals surface area contributed by atoms with Gasteiger partial charge in [0.1, 0.15) is 0 Å². The van der Waals surface area contributed by atoms with E-state index in [-0.39, 0.29) is 18.3 Å². The highest BCUT2D eigenvalue weighted by Crippen LogP contribution is 2.48. The van der Waals surface area contributed by atoms with E-state index < -0.39 is 6.04 Å². The van der Waals surface area contributed by atoms with E-state index in [0.717, 1.165) is 12.1 Å². The van der Waals surface area contributed by atoms with Crippen LogP contribution in [0, 0.1) is 5.41 Å². The zero-order chi connectivity index (χ0) is 13.7. The lowest BCUT2D eigenvalue weighted by molar-refractivity contribution is -0.122. The van der Waals surface area contributed by atoms with Crippen molar-refractivity contribution in [2.45, 2.75) is 45.1 Å². The van der Waals surface area contributed by atoms with Crippen LogP contribution in [-0.4, -0.2) is 18.5 Å². The molecule has 0 unspecified atom stereocenters. The molecule has 20 heavy (non-hydrogen) atoms. The van der Waals surface area contributed by atoms with Crippen molar-refractivity contribution in [1.82, 2.24) is 5.32 Å². The lowest BCUT2D eigenvalue weighted by Crippen LogP contribution is -2.44. The van der Waals surface area contributed by atoms with Gasteiger partial charge in [0.2, 0.25) is 5.91 Å². The van der Waals surface area contributed by atoms with Gasteiger partial charge in [0.25, 0.3) is 0 Å². The van der Waals surface area contributed by atoms with Gasteiger partial charge in [-0.1, -0.05) is 43.7 Å². The summed E-state index contributed by atoms with van der Waals surface area (Å²) in [6.45, 7) is 2.99. The van der Waals surface area contributed by atoms with Crippen molar-refractivity contribution in [2.75, 3.05) is 6.54 Å². The highest BCUT2D eigenvalue weighted by Gasteiger charge is 2.41. The second kappa shape index (κ2) is 7.65. The van der Waals surface area contributed by atoms with Crippen LogP contribution < -0.4 is 11.1 Å².